The van der Waals surface area contributed by atoms with Gasteiger partial charge in [-0.3, -0.25) is 9.59 Å². The van der Waals surface area contributed by atoms with Crippen molar-refractivity contribution in [2.75, 3.05) is 13.2 Å². The number of hydrogen-bond donors (Lipinski definition) is 3. The zero-order chi connectivity index (χ0) is 24.7. The molecule has 2 amide bonds. The van der Waals surface area contributed by atoms with E-state index in [9.17, 15) is 19.5 Å². The molecule has 0 aliphatic heterocycles. The average molecular weight is 465 g/mol. The van der Waals surface area contributed by atoms with E-state index >= 15 is 0 Å². The number of carboxylic acid groups (broad SMARTS) is 1. The van der Waals surface area contributed by atoms with Crippen molar-refractivity contribution >= 4 is 18.0 Å². The molecule has 0 spiro atoms. The number of nitrogens with one attached hydrogen (secondary N) is 2. The summed E-state index contributed by atoms with van der Waals surface area (Å²) in [5, 5.41) is 14.4. The van der Waals surface area contributed by atoms with Gasteiger partial charge in [0.1, 0.15) is 12.6 Å². The number of carboxylic acids is 1. The van der Waals surface area contributed by atoms with Crippen LogP contribution in [0.25, 0.3) is 11.1 Å². The first-order valence-corrected chi connectivity index (χ1v) is 11.4. The van der Waals surface area contributed by atoms with Crippen LogP contribution >= 0.6 is 0 Å². The molecule has 0 bridgehead atoms. The van der Waals surface area contributed by atoms with Crippen molar-refractivity contribution in [1.82, 2.24) is 10.6 Å². The maximum atomic E-state index is 12.7. The van der Waals surface area contributed by atoms with Gasteiger partial charge in [-0.25, -0.2) is 4.79 Å². The van der Waals surface area contributed by atoms with E-state index in [4.69, 9.17) is 4.74 Å². The molecule has 1 aliphatic rings. The molecule has 0 fully saturated rings. The summed E-state index contributed by atoms with van der Waals surface area (Å²) in [7, 11) is 0. The van der Waals surface area contributed by atoms with Crippen LogP contribution in [0, 0.1) is 5.41 Å². The van der Waals surface area contributed by atoms with Gasteiger partial charge in [-0.05, 0) is 40.5 Å². The molecule has 1 atom stereocenters. The second kappa shape index (κ2) is 11.0. The predicted octanol–water partition coefficient (Wildman–Crippen LogP) is 4.48. The van der Waals surface area contributed by atoms with Crippen LogP contribution in [0.5, 0.6) is 0 Å². The van der Waals surface area contributed by atoms with E-state index in [1.165, 1.54) is 0 Å². The molecule has 3 rings (SSSR count). The van der Waals surface area contributed by atoms with E-state index in [0.29, 0.717) is 6.54 Å². The second-order valence-corrected chi connectivity index (χ2v) is 9.33. The third-order valence-electron chi connectivity index (χ3n) is 6.10. The van der Waals surface area contributed by atoms with Crippen molar-refractivity contribution in [3.05, 3.63) is 72.3 Å². The minimum Gasteiger partial charge on any atom is -0.481 e. The largest absolute Gasteiger partial charge is 0.481 e. The Morgan fingerprint density at radius 3 is 2.24 bits per heavy atom. The molecule has 0 radical (unpaired) electrons. The molecule has 0 aromatic heterocycles. The summed E-state index contributed by atoms with van der Waals surface area (Å²) in [6.45, 7) is 8.14. The molecule has 180 valence electrons. The fourth-order valence-corrected chi connectivity index (χ4v) is 4.20. The summed E-state index contributed by atoms with van der Waals surface area (Å²) in [6, 6.07) is 14.7. The lowest BCUT2D eigenvalue weighted by atomic mass is 9.87. The number of amides is 2. The van der Waals surface area contributed by atoms with Crippen LogP contribution in [0.4, 0.5) is 4.79 Å². The minimum atomic E-state index is -1.23. The van der Waals surface area contributed by atoms with Crippen molar-refractivity contribution in [2.24, 2.45) is 5.41 Å². The molecule has 7 heteroatoms. The molecule has 0 heterocycles. The van der Waals surface area contributed by atoms with E-state index in [2.05, 4.69) is 17.2 Å². The molecule has 2 aromatic rings. The maximum absolute atomic E-state index is 12.7. The fraction of sp³-hybridized carbons (Fsp3) is 0.370. The Bertz CT molecular complexity index is 1020. The third kappa shape index (κ3) is 6.25. The van der Waals surface area contributed by atoms with E-state index < -0.39 is 30.4 Å². The Kier molecular flexibility index (Phi) is 8.10. The first-order chi connectivity index (χ1) is 16.2. The van der Waals surface area contributed by atoms with Crippen molar-refractivity contribution in [3.8, 4) is 11.1 Å². The van der Waals surface area contributed by atoms with Gasteiger partial charge in [0.15, 0.2) is 0 Å². The first-order valence-electron chi connectivity index (χ1n) is 11.4. The van der Waals surface area contributed by atoms with E-state index in [1.54, 1.807) is 0 Å². The lowest BCUT2D eigenvalue weighted by Gasteiger charge is -2.26. The molecular weight excluding hydrogens is 432 g/mol. The molecular formula is C27H32N2O5. The van der Waals surface area contributed by atoms with Crippen LogP contribution < -0.4 is 10.6 Å². The standard InChI is InChI=1S/C27H32N2O5/c1-4-5-14-27(2,3)17-28-25(32)23(15-24(30)31)29-26(33)34-16-22-20-12-8-6-10-18(20)19-11-7-9-13-21(19)22/h4,6-13,22-23H,1,5,14-17H2,2-3H3,(H,28,32)(H,29,33)(H,30,31). The first kappa shape index (κ1) is 25.0. The number of allylic oxidation sites excluding steroid dienone is 1. The summed E-state index contributed by atoms with van der Waals surface area (Å²) in [6.07, 6.45) is 2.08. The van der Waals surface area contributed by atoms with Crippen molar-refractivity contribution in [3.63, 3.8) is 0 Å². The molecule has 3 N–H and O–H groups in total. The SMILES string of the molecule is C=CCCC(C)(C)CNC(=O)C(CC(=O)O)NC(=O)OCC1c2ccccc2-c2ccccc21. The van der Waals surface area contributed by atoms with Gasteiger partial charge >= 0.3 is 12.1 Å². The van der Waals surface area contributed by atoms with Crippen LogP contribution in [0.3, 0.4) is 0 Å². The highest BCUT2D eigenvalue weighted by Gasteiger charge is 2.30. The Morgan fingerprint density at radius 1 is 1.09 bits per heavy atom. The number of carbonyl (C=O) groups is 3. The number of alkyl carbamates (subject to hydrolysis) is 1. The topological polar surface area (TPSA) is 105 Å². The summed E-state index contributed by atoms with van der Waals surface area (Å²) in [5.41, 5.74) is 4.15. The normalized spacial score (nSPS) is 13.4. The van der Waals surface area contributed by atoms with Crippen molar-refractivity contribution < 1.29 is 24.2 Å². The zero-order valence-electron chi connectivity index (χ0n) is 19.7. The van der Waals surface area contributed by atoms with Crippen LogP contribution in [-0.2, 0) is 14.3 Å². The van der Waals surface area contributed by atoms with Gasteiger partial charge < -0.3 is 20.5 Å². The highest BCUT2D eigenvalue weighted by atomic mass is 16.5. The predicted molar refractivity (Wildman–Crippen MR) is 130 cm³/mol. The Morgan fingerprint density at radius 2 is 1.68 bits per heavy atom. The minimum absolute atomic E-state index is 0.0792. The molecule has 0 saturated carbocycles. The molecule has 1 aliphatic carbocycles. The number of rotatable bonds is 11. The highest BCUT2D eigenvalue weighted by molar-refractivity contribution is 5.89. The van der Waals surface area contributed by atoms with Gasteiger partial charge in [0.25, 0.3) is 0 Å². The molecule has 2 aromatic carbocycles. The number of ether oxygens (including phenoxy) is 1. The quantitative estimate of drug-likeness (QED) is 0.426. The second-order valence-electron chi connectivity index (χ2n) is 9.33. The summed E-state index contributed by atoms with van der Waals surface area (Å²) in [5.74, 6) is -1.87. The smallest absolute Gasteiger partial charge is 0.407 e. The number of carbonyl (C=O) groups excluding carboxylic acids is 2. The van der Waals surface area contributed by atoms with E-state index in [-0.39, 0.29) is 17.9 Å². The summed E-state index contributed by atoms with van der Waals surface area (Å²) >= 11 is 0. The van der Waals surface area contributed by atoms with Crippen LogP contribution in [0.15, 0.2) is 61.2 Å². The number of hydrogen-bond acceptors (Lipinski definition) is 4. The molecule has 7 nitrogen and oxygen atoms in total. The van der Waals surface area contributed by atoms with Gasteiger partial charge in [-0.1, -0.05) is 68.5 Å². The highest BCUT2D eigenvalue weighted by Crippen LogP contribution is 2.44. The van der Waals surface area contributed by atoms with E-state index in [0.717, 1.165) is 35.1 Å². The third-order valence-corrected chi connectivity index (χ3v) is 6.10. The van der Waals surface area contributed by atoms with Crippen LogP contribution in [-0.4, -0.2) is 42.3 Å². The molecule has 1 unspecified atom stereocenters. The van der Waals surface area contributed by atoms with E-state index in [1.807, 2.05) is 68.5 Å². The summed E-state index contributed by atoms with van der Waals surface area (Å²) in [4.78, 5) is 36.5. The van der Waals surface area contributed by atoms with Crippen molar-refractivity contribution in [1.29, 1.82) is 0 Å². The Labute approximate surface area is 200 Å². The number of fused-ring (bicyclic) bond motifs is 3. The zero-order valence-corrected chi connectivity index (χ0v) is 19.7. The lowest BCUT2D eigenvalue weighted by Crippen LogP contribution is -2.49. The Hall–Kier alpha value is -3.61. The average Bonchev–Trinajstić information content (AvgIpc) is 3.13. The number of benzene rings is 2. The van der Waals surface area contributed by atoms with Gasteiger partial charge in [0.05, 0.1) is 6.42 Å². The van der Waals surface area contributed by atoms with Crippen molar-refractivity contribution in [2.45, 2.75) is 45.1 Å². The van der Waals surface area contributed by atoms with Crippen LogP contribution in [0.1, 0.15) is 50.2 Å². The molecule has 0 saturated heterocycles. The Balaban J connectivity index is 1.61. The van der Waals surface area contributed by atoms with Gasteiger partial charge in [-0.2, -0.15) is 0 Å². The lowest BCUT2D eigenvalue weighted by molar-refractivity contribution is -0.139. The monoisotopic (exact) mass is 464 g/mol. The maximum Gasteiger partial charge on any atom is 0.407 e. The fourth-order valence-electron chi connectivity index (χ4n) is 4.20. The summed E-state index contributed by atoms with van der Waals surface area (Å²) < 4.78 is 5.47. The number of aliphatic carboxylic acids is 1. The van der Waals surface area contributed by atoms with Gasteiger partial charge in [-0.15, -0.1) is 6.58 Å². The van der Waals surface area contributed by atoms with Crippen LogP contribution in [0.2, 0.25) is 0 Å². The van der Waals surface area contributed by atoms with Gasteiger partial charge in [0, 0.05) is 12.5 Å². The van der Waals surface area contributed by atoms with Gasteiger partial charge in [0.2, 0.25) is 5.91 Å². The molecule has 34 heavy (non-hydrogen) atoms.